The van der Waals surface area contributed by atoms with Crippen molar-refractivity contribution >= 4 is 0 Å². The summed E-state index contributed by atoms with van der Waals surface area (Å²) in [6.45, 7) is 3.76. The van der Waals surface area contributed by atoms with Gasteiger partial charge in [-0.25, -0.2) is 4.39 Å². The van der Waals surface area contributed by atoms with E-state index in [4.69, 9.17) is 10.5 Å². The normalized spacial score (nSPS) is 21.1. The molecule has 3 nitrogen and oxygen atoms in total. The minimum atomic E-state index is -0.217. The number of nitrogens with two attached hydrogens (primary N) is 1. The quantitative estimate of drug-likeness (QED) is 0.870. The standard InChI is InChI=1S/C16H25FN2O/c1-19(11-13-4-3-9-20-12-13)8-7-16(18)14-5-2-6-15(17)10-14/h2,5-6,10,13,16H,3-4,7-9,11-12,18H2,1H3. The summed E-state index contributed by atoms with van der Waals surface area (Å²) < 4.78 is 18.7. The third kappa shape index (κ3) is 4.85. The minimum absolute atomic E-state index is 0.101. The Labute approximate surface area is 120 Å². The van der Waals surface area contributed by atoms with Crippen LogP contribution in [0.5, 0.6) is 0 Å². The monoisotopic (exact) mass is 280 g/mol. The van der Waals surface area contributed by atoms with Crippen molar-refractivity contribution in [3.63, 3.8) is 0 Å². The SMILES string of the molecule is CN(CCC(N)c1cccc(F)c1)CC1CCCOC1. The van der Waals surface area contributed by atoms with E-state index in [0.29, 0.717) is 5.92 Å². The van der Waals surface area contributed by atoms with Crippen LogP contribution in [0.4, 0.5) is 4.39 Å². The van der Waals surface area contributed by atoms with E-state index in [1.807, 2.05) is 6.07 Å². The summed E-state index contributed by atoms with van der Waals surface area (Å²) in [5, 5.41) is 0. The van der Waals surface area contributed by atoms with Gasteiger partial charge in [0.15, 0.2) is 0 Å². The number of halogens is 1. The molecule has 1 fully saturated rings. The highest BCUT2D eigenvalue weighted by Crippen LogP contribution is 2.17. The van der Waals surface area contributed by atoms with E-state index in [-0.39, 0.29) is 11.9 Å². The molecule has 2 unspecified atom stereocenters. The lowest BCUT2D eigenvalue weighted by molar-refractivity contribution is 0.0417. The van der Waals surface area contributed by atoms with Crippen molar-refractivity contribution in [1.29, 1.82) is 0 Å². The van der Waals surface area contributed by atoms with Crippen LogP contribution in [0.15, 0.2) is 24.3 Å². The molecule has 2 N–H and O–H groups in total. The number of nitrogens with zero attached hydrogens (tertiary/aromatic N) is 1. The molecule has 1 aromatic carbocycles. The summed E-state index contributed by atoms with van der Waals surface area (Å²) in [7, 11) is 2.12. The Balaban J connectivity index is 1.73. The van der Waals surface area contributed by atoms with Gasteiger partial charge >= 0.3 is 0 Å². The molecule has 1 heterocycles. The summed E-state index contributed by atoms with van der Waals surface area (Å²) in [6, 6.07) is 6.48. The van der Waals surface area contributed by atoms with Gasteiger partial charge in [-0.2, -0.15) is 0 Å². The maximum Gasteiger partial charge on any atom is 0.123 e. The highest BCUT2D eigenvalue weighted by Gasteiger charge is 2.16. The molecule has 112 valence electrons. The molecule has 1 aromatic rings. The fourth-order valence-corrected chi connectivity index (χ4v) is 2.75. The van der Waals surface area contributed by atoms with E-state index in [0.717, 1.165) is 38.3 Å². The molecule has 2 atom stereocenters. The molecule has 2 rings (SSSR count). The van der Waals surface area contributed by atoms with Crippen molar-refractivity contribution in [2.45, 2.75) is 25.3 Å². The van der Waals surface area contributed by atoms with Crippen LogP contribution in [0.3, 0.4) is 0 Å². The fraction of sp³-hybridized carbons (Fsp3) is 0.625. The second-order valence-electron chi connectivity index (χ2n) is 5.80. The average molecular weight is 280 g/mol. The van der Waals surface area contributed by atoms with Crippen LogP contribution in [0.1, 0.15) is 30.9 Å². The van der Waals surface area contributed by atoms with E-state index in [9.17, 15) is 4.39 Å². The van der Waals surface area contributed by atoms with Gasteiger partial charge in [0.05, 0.1) is 6.61 Å². The summed E-state index contributed by atoms with van der Waals surface area (Å²) >= 11 is 0. The molecule has 1 aliphatic rings. The number of ether oxygens (including phenoxy) is 1. The smallest absolute Gasteiger partial charge is 0.123 e. The highest BCUT2D eigenvalue weighted by atomic mass is 19.1. The zero-order chi connectivity index (χ0) is 14.4. The minimum Gasteiger partial charge on any atom is -0.381 e. The van der Waals surface area contributed by atoms with Gasteiger partial charge < -0.3 is 15.4 Å². The molecule has 4 heteroatoms. The van der Waals surface area contributed by atoms with Gasteiger partial charge in [-0.1, -0.05) is 12.1 Å². The summed E-state index contributed by atoms with van der Waals surface area (Å²) in [5.74, 6) is 0.421. The first-order valence-corrected chi connectivity index (χ1v) is 7.42. The van der Waals surface area contributed by atoms with Crippen molar-refractivity contribution in [2.75, 3.05) is 33.4 Å². The second-order valence-corrected chi connectivity index (χ2v) is 5.80. The van der Waals surface area contributed by atoms with E-state index in [1.54, 1.807) is 6.07 Å². The van der Waals surface area contributed by atoms with Crippen LogP contribution in [-0.2, 0) is 4.74 Å². The average Bonchev–Trinajstić information content (AvgIpc) is 2.46. The van der Waals surface area contributed by atoms with Gasteiger partial charge in [0.25, 0.3) is 0 Å². The number of hydrogen-bond acceptors (Lipinski definition) is 3. The Bertz CT molecular complexity index is 407. The number of hydrogen-bond donors (Lipinski definition) is 1. The lowest BCUT2D eigenvalue weighted by Gasteiger charge is -2.27. The second kappa shape index (κ2) is 7.72. The molecular formula is C16H25FN2O. The number of benzene rings is 1. The lowest BCUT2D eigenvalue weighted by Crippen LogP contribution is -2.32. The number of rotatable bonds is 6. The van der Waals surface area contributed by atoms with Gasteiger partial charge in [0, 0.05) is 19.2 Å². The van der Waals surface area contributed by atoms with Crippen molar-refractivity contribution < 1.29 is 9.13 Å². The molecule has 0 bridgehead atoms. The molecule has 0 aromatic heterocycles. The first-order chi connectivity index (χ1) is 9.65. The maximum atomic E-state index is 13.2. The predicted molar refractivity (Wildman–Crippen MR) is 79.0 cm³/mol. The van der Waals surface area contributed by atoms with Crippen LogP contribution < -0.4 is 5.73 Å². The third-order valence-corrected chi connectivity index (χ3v) is 3.92. The van der Waals surface area contributed by atoms with Gasteiger partial charge in [0.1, 0.15) is 5.82 Å². The van der Waals surface area contributed by atoms with Crippen molar-refractivity contribution in [3.8, 4) is 0 Å². The molecule has 1 aliphatic heterocycles. The van der Waals surface area contributed by atoms with E-state index in [2.05, 4.69) is 11.9 Å². The van der Waals surface area contributed by atoms with Gasteiger partial charge in [-0.05, 0) is 56.5 Å². The van der Waals surface area contributed by atoms with Crippen LogP contribution in [0, 0.1) is 11.7 Å². The maximum absolute atomic E-state index is 13.2. The Kier molecular flexibility index (Phi) is 5.95. The van der Waals surface area contributed by atoms with Crippen molar-refractivity contribution in [2.24, 2.45) is 11.7 Å². The van der Waals surface area contributed by atoms with Crippen LogP contribution in [-0.4, -0.2) is 38.3 Å². The van der Waals surface area contributed by atoms with E-state index >= 15 is 0 Å². The topological polar surface area (TPSA) is 38.5 Å². The largest absolute Gasteiger partial charge is 0.381 e. The van der Waals surface area contributed by atoms with Crippen molar-refractivity contribution in [3.05, 3.63) is 35.6 Å². The molecule has 0 spiro atoms. The first-order valence-electron chi connectivity index (χ1n) is 7.42. The Morgan fingerprint density at radius 3 is 3.05 bits per heavy atom. The Morgan fingerprint density at radius 2 is 2.35 bits per heavy atom. The molecule has 0 radical (unpaired) electrons. The van der Waals surface area contributed by atoms with Crippen LogP contribution >= 0.6 is 0 Å². The summed E-state index contributed by atoms with van der Waals surface area (Å²) in [6.07, 6.45) is 3.26. The fourth-order valence-electron chi connectivity index (χ4n) is 2.75. The molecule has 20 heavy (non-hydrogen) atoms. The molecule has 0 amide bonds. The lowest BCUT2D eigenvalue weighted by atomic mass is 10.0. The first kappa shape index (κ1) is 15.4. The molecule has 1 saturated heterocycles. The zero-order valence-electron chi connectivity index (χ0n) is 12.2. The van der Waals surface area contributed by atoms with Crippen LogP contribution in [0.25, 0.3) is 0 Å². The zero-order valence-corrected chi connectivity index (χ0v) is 12.2. The molecular weight excluding hydrogens is 255 g/mol. The Morgan fingerprint density at radius 1 is 1.50 bits per heavy atom. The van der Waals surface area contributed by atoms with Crippen molar-refractivity contribution in [1.82, 2.24) is 4.90 Å². The van der Waals surface area contributed by atoms with E-state index in [1.165, 1.54) is 25.0 Å². The predicted octanol–water partition coefficient (Wildman–Crippen LogP) is 2.57. The van der Waals surface area contributed by atoms with E-state index < -0.39 is 0 Å². The van der Waals surface area contributed by atoms with Gasteiger partial charge in [-0.3, -0.25) is 0 Å². The molecule has 0 aliphatic carbocycles. The Hall–Kier alpha value is -0.970. The third-order valence-electron chi connectivity index (χ3n) is 3.92. The molecule has 0 saturated carbocycles. The summed E-state index contributed by atoms with van der Waals surface area (Å²) in [4.78, 5) is 2.30. The van der Waals surface area contributed by atoms with Gasteiger partial charge in [-0.15, -0.1) is 0 Å². The summed E-state index contributed by atoms with van der Waals surface area (Å²) in [5.41, 5.74) is 7.00. The van der Waals surface area contributed by atoms with Crippen LogP contribution in [0.2, 0.25) is 0 Å². The highest BCUT2D eigenvalue weighted by molar-refractivity contribution is 5.19. The van der Waals surface area contributed by atoms with Gasteiger partial charge in [0.2, 0.25) is 0 Å².